The quantitative estimate of drug-likeness (QED) is 0.544. The van der Waals surface area contributed by atoms with Crippen molar-refractivity contribution in [3.8, 4) is 11.4 Å². The summed E-state index contributed by atoms with van der Waals surface area (Å²) in [5, 5.41) is 7.93. The van der Waals surface area contributed by atoms with Crippen LogP contribution in [0.25, 0.3) is 5.69 Å². The van der Waals surface area contributed by atoms with Gasteiger partial charge in [0.15, 0.2) is 0 Å². The van der Waals surface area contributed by atoms with Crippen LogP contribution in [0.2, 0.25) is 5.02 Å². The summed E-state index contributed by atoms with van der Waals surface area (Å²) in [6.45, 7) is 6.10. The summed E-state index contributed by atoms with van der Waals surface area (Å²) >= 11 is 5.82. The maximum Gasteiger partial charge on any atom is 0.387 e. The Kier molecular flexibility index (Phi) is 6.24. The second-order valence-corrected chi connectivity index (χ2v) is 5.23. The number of nitrogens with zero attached hydrogens (tertiary/aromatic N) is 4. The molecular weight excluding hydrogens is 354 g/mol. The second kappa shape index (κ2) is 8.39. The molecule has 132 valence electrons. The van der Waals surface area contributed by atoms with Gasteiger partial charge in [-0.2, -0.15) is 8.78 Å². The van der Waals surface area contributed by atoms with Gasteiger partial charge in [0.1, 0.15) is 18.1 Å². The van der Waals surface area contributed by atoms with E-state index in [1.54, 1.807) is 19.2 Å². The zero-order chi connectivity index (χ0) is 18.4. The minimum Gasteiger partial charge on any atom is -0.471 e. The normalized spacial score (nSPS) is 11.5. The van der Waals surface area contributed by atoms with Crippen LogP contribution in [0.1, 0.15) is 12.6 Å². The van der Waals surface area contributed by atoms with Gasteiger partial charge in [0.25, 0.3) is 0 Å². The number of aromatic nitrogens is 3. The molecule has 6 nitrogen and oxygen atoms in total. The van der Waals surface area contributed by atoms with E-state index in [2.05, 4.69) is 33.2 Å². The van der Waals surface area contributed by atoms with Crippen LogP contribution in [-0.2, 0) is 11.3 Å². The molecular formula is C16H15ClF2N4O2. The summed E-state index contributed by atoms with van der Waals surface area (Å²) in [5.74, 6) is 0.158. The van der Waals surface area contributed by atoms with Gasteiger partial charge in [0.05, 0.1) is 16.9 Å². The van der Waals surface area contributed by atoms with Gasteiger partial charge in [-0.05, 0) is 25.1 Å². The summed E-state index contributed by atoms with van der Waals surface area (Å²) in [5.41, 5.74) is 1.53. The van der Waals surface area contributed by atoms with Crippen molar-refractivity contribution < 1.29 is 18.3 Å². The number of allylic oxidation sites excluding steroid dienone is 1. The van der Waals surface area contributed by atoms with E-state index in [1.165, 1.54) is 22.9 Å². The fraction of sp³-hybridized carbons (Fsp3) is 0.188. The van der Waals surface area contributed by atoms with Crippen molar-refractivity contribution in [3.05, 3.63) is 60.0 Å². The Bertz CT molecular complexity index is 805. The third-order valence-electron chi connectivity index (χ3n) is 2.78. The zero-order valence-electron chi connectivity index (χ0n) is 13.3. The first-order valence-corrected chi connectivity index (χ1v) is 7.42. The third kappa shape index (κ3) is 5.39. The van der Waals surface area contributed by atoms with Crippen LogP contribution in [0, 0.1) is 0 Å². The number of alkyl halides is 2. The molecule has 0 unspecified atom stereocenters. The van der Waals surface area contributed by atoms with Gasteiger partial charge in [0, 0.05) is 11.8 Å². The molecule has 0 aliphatic heterocycles. The van der Waals surface area contributed by atoms with Gasteiger partial charge in [-0.15, -0.1) is 5.10 Å². The molecule has 2 aromatic rings. The number of hydrogen-bond acceptors (Lipinski definition) is 5. The molecule has 0 amide bonds. The second-order valence-electron chi connectivity index (χ2n) is 4.83. The smallest absolute Gasteiger partial charge is 0.387 e. The van der Waals surface area contributed by atoms with Crippen LogP contribution < -0.4 is 4.74 Å². The summed E-state index contributed by atoms with van der Waals surface area (Å²) in [6, 6.07) is 4.37. The molecule has 0 aliphatic rings. The van der Waals surface area contributed by atoms with Crippen molar-refractivity contribution in [2.24, 2.45) is 4.99 Å². The minimum absolute atomic E-state index is 0.0688. The largest absolute Gasteiger partial charge is 0.471 e. The van der Waals surface area contributed by atoms with E-state index in [4.69, 9.17) is 16.3 Å². The van der Waals surface area contributed by atoms with Gasteiger partial charge in [-0.25, -0.2) is 9.67 Å². The average molecular weight is 369 g/mol. The average Bonchev–Trinajstić information content (AvgIpc) is 3.01. The molecule has 0 spiro atoms. The topological polar surface area (TPSA) is 61.5 Å². The number of hydrogen-bond donors (Lipinski definition) is 0. The van der Waals surface area contributed by atoms with Gasteiger partial charge >= 0.3 is 6.61 Å². The van der Waals surface area contributed by atoms with Gasteiger partial charge in [-0.3, -0.25) is 0 Å². The Morgan fingerprint density at radius 1 is 1.48 bits per heavy atom. The first kappa shape index (κ1) is 18.6. The lowest BCUT2D eigenvalue weighted by atomic mass is 10.3. The van der Waals surface area contributed by atoms with Crippen LogP contribution in [-0.4, -0.2) is 27.5 Å². The van der Waals surface area contributed by atoms with Crippen molar-refractivity contribution in [3.63, 3.8) is 0 Å². The highest BCUT2D eigenvalue weighted by molar-refractivity contribution is 6.32. The first-order chi connectivity index (χ1) is 11.9. The zero-order valence-corrected chi connectivity index (χ0v) is 14.1. The van der Waals surface area contributed by atoms with Crippen molar-refractivity contribution in [1.82, 2.24) is 15.0 Å². The summed E-state index contributed by atoms with van der Waals surface area (Å²) in [4.78, 5) is 4.05. The number of ether oxygens (including phenoxy) is 2. The van der Waals surface area contributed by atoms with E-state index in [9.17, 15) is 8.78 Å². The highest BCUT2D eigenvalue weighted by Gasteiger charge is 2.11. The molecule has 0 aliphatic carbocycles. The lowest BCUT2D eigenvalue weighted by Gasteiger charge is -2.08. The molecule has 9 heteroatoms. The SMILES string of the molecule is C=CC(=NC(=C)C)OCc1cn(-c2ccc(Cl)c(OC(F)F)c2)nn1. The molecule has 2 rings (SSSR count). The van der Waals surface area contributed by atoms with Crippen LogP contribution >= 0.6 is 11.6 Å². The number of aliphatic imine (C=N–C) groups is 1. The highest BCUT2D eigenvalue weighted by atomic mass is 35.5. The summed E-state index contributed by atoms with van der Waals surface area (Å²) < 4.78 is 35.9. The fourth-order valence-electron chi connectivity index (χ4n) is 1.78. The van der Waals surface area contributed by atoms with E-state index in [-0.39, 0.29) is 17.4 Å². The lowest BCUT2D eigenvalue weighted by Crippen LogP contribution is -2.04. The van der Waals surface area contributed by atoms with E-state index in [0.717, 1.165) is 0 Å². The Hall–Kier alpha value is -2.74. The Morgan fingerprint density at radius 2 is 2.24 bits per heavy atom. The van der Waals surface area contributed by atoms with Gasteiger partial charge < -0.3 is 9.47 Å². The maximum absolute atomic E-state index is 12.4. The molecule has 25 heavy (non-hydrogen) atoms. The Morgan fingerprint density at radius 3 is 2.88 bits per heavy atom. The van der Waals surface area contributed by atoms with Gasteiger partial charge in [0.2, 0.25) is 5.90 Å². The molecule has 0 fully saturated rings. The van der Waals surface area contributed by atoms with Gasteiger partial charge in [-0.1, -0.05) is 30.0 Å². The van der Waals surface area contributed by atoms with Crippen molar-refractivity contribution in [2.75, 3.05) is 0 Å². The van der Waals surface area contributed by atoms with E-state index < -0.39 is 6.61 Å². The number of halogens is 3. The maximum atomic E-state index is 12.4. The van der Waals surface area contributed by atoms with E-state index in [1.807, 2.05) is 0 Å². The standard InChI is InChI=1S/C16H15ClF2N4O2/c1-4-15(20-10(2)3)24-9-11-8-23(22-21-11)12-5-6-13(17)14(7-12)25-16(18)19/h4-8,16H,1-2,9H2,3H3. The molecule has 1 aromatic carbocycles. The lowest BCUT2D eigenvalue weighted by molar-refractivity contribution is -0.0497. The number of benzene rings is 1. The van der Waals surface area contributed by atoms with Crippen molar-refractivity contribution in [2.45, 2.75) is 20.1 Å². The molecule has 0 N–H and O–H groups in total. The van der Waals surface area contributed by atoms with E-state index in [0.29, 0.717) is 23.0 Å². The molecule has 0 bridgehead atoms. The molecule has 0 atom stereocenters. The van der Waals surface area contributed by atoms with Crippen molar-refractivity contribution in [1.29, 1.82) is 0 Å². The van der Waals surface area contributed by atoms with E-state index >= 15 is 0 Å². The minimum atomic E-state index is -2.97. The monoisotopic (exact) mass is 368 g/mol. The van der Waals surface area contributed by atoms with Crippen LogP contribution in [0.4, 0.5) is 8.78 Å². The van der Waals surface area contributed by atoms with Crippen LogP contribution in [0.15, 0.2) is 54.3 Å². The van der Waals surface area contributed by atoms with Crippen LogP contribution in [0.5, 0.6) is 5.75 Å². The first-order valence-electron chi connectivity index (χ1n) is 7.04. The van der Waals surface area contributed by atoms with Crippen LogP contribution in [0.3, 0.4) is 0 Å². The predicted octanol–water partition coefficient (Wildman–Crippen LogP) is 4.16. The Labute approximate surface area is 148 Å². The highest BCUT2D eigenvalue weighted by Crippen LogP contribution is 2.28. The molecule has 1 aromatic heterocycles. The number of rotatable bonds is 7. The summed E-state index contributed by atoms with van der Waals surface area (Å²) in [7, 11) is 0. The Balaban J connectivity index is 2.13. The third-order valence-corrected chi connectivity index (χ3v) is 3.09. The molecule has 0 radical (unpaired) electrons. The molecule has 1 heterocycles. The molecule has 0 saturated heterocycles. The molecule has 0 saturated carbocycles. The fourth-order valence-corrected chi connectivity index (χ4v) is 1.95. The van der Waals surface area contributed by atoms with Crippen molar-refractivity contribution >= 4 is 17.5 Å². The summed E-state index contributed by atoms with van der Waals surface area (Å²) in [6.07, 6.45) is 3.03. The predicted molar refractivity (Wildman–Crippen MR) is 90.2 cm³/mol.